The smallest absolute Gasteiger partial charge is 0.238 e. The highest BCUT2D eigenvalue weighted by atomic mass is 32.1. The van der Waals surface area contributed by atoms with Crippen molar-refractivity contribution in [1.82, 2.24) is 34.1 Å². The van der Waals surface area contributed by atoms with Gasteiger partial charge in [0.2, 0.25) is 17.6 Å². The first-order valence-electron chi connectivity index (χ1n) is 28.0. The Morgan fingerprint density at radius 3 is 1.38 bits per heavy atom. The molecule has 0 radical (unpaired) electrons. The number of benzene rings is 11. The molecule has 7 heterocycles. The van der Waals surface area contributed by atoms with Gasteiger partial charge in [-0.2, -0.15) is 4.98 Å². The highest BCUT2D eigenvalue weighted by molar-refractivity contribution is 7.25. The van der Waals surface area contributed by atoms with Crippen LogP contribution in [0.15, 0.2) is 278 Å². The predicted molar refractivity (Wildman–Crippen MR) is 347 cm³/mol. The highest BCUT2D eigenvalue weighted by Gasteiger charge is 2.24. The molecule has 0 saturated heterocycles. The molecule has 0 amide bonds. The molecule has 0 N–H and O–H groups in total. The molecule has 0 fully saturated rings. The molecule has 392 valence electrons. The first-order chi connectivity index (χ1) is 41.6. The Labute approximate surface area is 484 Å². The summed E-state index contributed by atoms with van der Waals surface area (Å²) in [4.78, 5) is 26.2. The average Bonchev–Trinajstić information content (AvgIpc) is 2.72. The van der Waals surface area contributed by atoms with Gasteiger partial charge in [-0.15, -0.1) is 11.3 Å². The molecule has 18 aromatic rings. The van der Waals surface area contributed by atoms with Gasteiger partial charge in [-0.1, -0.05) is 188 Å². The van der Waals surface area contributed by atoms with E-state index in [0.29, 0.717) is 17.6 Å². The van der Waals surface area contributed by atoms with Gasteiger partial charge >= 0.3 is 0 Å². The van der Waals surface area contributed by atoms with Crippen LogP contribution in [0.25, 0.3) is 164 Å². The quantitative estimate of drug-likeness (QED) is 0.165. The number of pyridine rings is 1. The van der Waals surface area contributed by atoms with Crippen molar-refractivity contribution in [1.29, 1.82) is 0 Å². The zero-order valence-electron chi connectivity index (χ0n) is 44.9. The van der Waals surface area contributed by atoms with Gasteiger partial charge in [-0.3, -0.25) is 14.1 Å². The molecule has 0 aliphatic rings. The second-order valence-electron chi connectivity index (χ2n) is 21.2. The fourth-order valence-electron chi connectivity index (χ4n) is 12.4. The Balaban J connectivity index is 0.000000132. The maximum Gasteiger partial charge on any atom is 0.238 e. The van der Waals surface area contributed by atoms with Gasteiger partial charge in [-0.25, -0.2) is 15.0 Å². The number of nitrogens with zero attached hydrogens (tertiary/aromatic N) is 7. The normalized spacial score (nSPS) is 11.8. The molecule has 0 aliphatic heterocycles. The molecular formula is C75H45N7OS. The Hall–Kier alpha value is -11.1. The summed E-state index contributed by atoms with van der Waals surface area (Å²) in [6, 6.07) is 91.4. The number of fused-ring (bicyclic) bond motifs is 14. The zero-order valence-corrected chi connectivity index (χ0v) is 45.7. The summed E-state index contributed by atoms with van der Waals surface area (Å²) < 4.78 is 12.1. The monoisotopic (exact) mass is 1090 g/mol. The van der Waals surface area contributed by atoms with Crippen molar-refractivity contribution in [2.45, 2.75) is 0 Å². The van der Waals surface area contributed by atoms with E-state index in [0.717, 1.165) is 93.4 Å². The predicted octanol–water partition coefficient (Wildman–Crippen LogP) is 19.8. The summed E-state index contributed by atoms with van der Waals surface area (Å²) >= 11 is 1.72. The van der Waals surface area contributed by atoms with E-state index >= 15 is 0 Å². The lowest BCUT2D eigenvalue weighted by Gasteiger charge is -2.11. The van der Waals surface area contributed by atoms with E-state index in [-0.39, 0.29) is 0 Å². The summed E-state index contributed by atoms with van der Waals surface area (Å²) in [6.07, 6.45) is 3.68. The highest BCUT2D eigenvalue weighted by Crippen LogP contribution is 2.44. The molecule has 0 unspecified atom stereocenters. The molecule has 9 heteroatoms. The van der Waals surface area contributed by atoms with Crippen molar-refractivity contribution in [3.63, 3.8) is 0 Å². The van der Waals surface area contributed by atoms with Gasteiger partial charge in [-0.05, 0) is 117 Å². The minimum absolute atomic E-state index is 0.575. The van der Waals surface area contributed by atoms with Crippen molar-refractivity contribution in [2.24, 2.45) is 0 Å². The maximum absolute atomic E-state index is 6.55. The zero-order chi connectivity index (χ0) is 55.2. The third kappa shape index (κ3) is 7.78. The number of rotatable bonds is 6. The van der Waals surface area contributed by atoms with E-state index in [1.165, 1.54) is 53.2 Å². The third-order valence-corrected chi connectivity index (χ3v) is 17.4. The summed E-state index contributed by atoms with van der Waals surface area (Å²) in [5, 5.41) is 13.7. The van der Waals surface area contributed by atoms with Gasteiger partial charge in [0.05, 0.1) is 38.8 Å². The van der Waals surface area contributed by atoms with Crippen molar-refractivity contribution in [3.8, 4) is 56.7 Å². The summed E-state index contributed by atoms with van der Waals surface area (Å²) in [7, 11) is 0. The van der Waals surface area contributed by atoms with E-state index < -0.39 is 0 Å². The molecule has 0 spiro atoms. The van der Waals surface area contributed by atoms with Crippen LogP contribution in [-0.4, -0.2) is 34.1 Å². The Kier molecular flexibility index (Phi) is 10.9. The maximum atomic E-state index is 6.55. The first kappa shape index (κ1) is 47.7. The fourth-order valence-corrected chi connectivity index (χ4v) is 13.5. The van der Waals surface area contributed by atoms with Crippen LogP contribution in [0.5, 0.6) is 0 Å². The minimum atomic E-state index is 0.575. The molecule has 11 aromatic carbocycles. The average molecular weight is 1090 g/mol. The van der Waals surface area contributed by atoms with Crippen molar-refractivity contribution < 1.29 is 4.42 Å². The third-order valence-electron chi connectivity index (χ3n) is 16.3. The van der Waals surface area contributed by atoms with Crippen LogP contribution >= 0.6 is 11.3 Å². The fraction of sp³-hybridized carbons (Fsp3) is 0. The second kappa shape index (κ2) is 19.3. The van der Waals surface area contributed by atoms with Crippen molar-refractivity contribution >= 4 is 119 Å². The van der Waals surface area contributed by atoms with E-state index in [1.807, 2.05) is 42.7 Å². The Morgan fingerprint density at radius 1 is 0.310 bits per heavy atom. The van der Waals surface area contributed by atoms with Crippen LogP contribution in [0, 0.1) is 0 Å². The van der Waals surface area contributed by atoms with Gasteiger partial charge in [0.1, 0.15) is 10.4 Å². The first-order valence-corrected chi connectivity index (χ1v) is 28.9. The van der Waals surface area contributed by atoms with Crippen LogP contribution in [0.3, 0.4) is 0 Å². The van der Waals surface area contributed by atoms with Gasteiger partial charge < -0.3 is 4.42 Å². The SMILES string of the molecule is c1ccc(-c2ccc3c(c2)oc2nc(-n4c5ccccc5c5cc6ccccc6cc54)nc(-c4ccccc4)c23)cc1.c1ccc(-c2nc(-n3c4ccccc4c4cc5ccccc5cc43)nc3sc4ccc(-c5ccncc5)cc4c23)cc1. The second-order valence-corrected chi connectivity index (χ2v) is 22.2. The molecule has 84 heavy (non-hydrogen) atoms. The number of hydrogen-bond donors (Lipinski definition) is 0. The summed E-state index contributed by atoms with van der Waals surface area (Å²) in [5.41, 5.74) is 14.1. The summed E-state index contributed by atoms with van der Waals surface area (Å²) in [5.74, 6) is 1.27. The lowest BCUT2D eigenvalue weighted by atomic mass is 10.0. The minimum Gasteiger partial charge on any atom is -0.437 e. The van der Waals surface area contributed by atoms with Crippen molar-refractivity contribution in [3.05, 3.63) is 273 Å². The Morgan fingerprint density at radius 2 is 0.786 bits per heavy atom. The number of thiophene rings is 1. The van der Waals surface area contributed by atoms with E-state index in [9.17, 15) is 0 Å². The molecule has 0 bridgehead atoms. The molecular weight excluding hydrogens is 1050 g/mol. The van der Waals surface area contributed by atoms with Crippen molar-refractivity contribution in [2.75, 3.05) is 0 Å². The van der Waals surface area contributed by atoms with Crippen LogP contribution in [-0.2, 0) is 0 Å². The van der Waals surface area contributed by atoms with Crippen LogP contribution in [0.2, 0.25) is 0 Å². The standard InChI is InChI=1S/C38H23N3O.C37H22N4S/c1-3-11-24(12-4-1)28-19-20-30-34(23-28)42-37-35(30)36(25-13-5-2-6-14-25)39-38(40-37)41-32-18-10-9-17-29(32)31-21-26-15-7-8-16-27(26)22-33(31)41;1-2-8-24(9-3-1)35-34-30-21-27(23-16-18-38-19-17-23)14-15-33(30)42-36(34)40-37(39-35)41-31-13-7-6-12-28(31)29-20-25-10-4-5-11-26(25)22-32(29)41/h1-23H;1-22H. The van der Waals surface area contributed by atoms with Crippen LogP contribution in [0.4, 0.5) is 0 Å². The lowest BCUT2D eigenvalue weighted by molar-refractivity contribution is 0.651. The number of para-hydroxylation sites is 2. The van der Waals surface area contributed by atoms with Gasteiger partial charge in [0.25, 0.3) is 0 Å². The molecule has 0 atom stereocenters. The van der Waals surface area contributed by atoms with Gasteiger partial charge in [0, 0.05) is 65.9 Å². The van der Waals surface area contributed by atoms with E-state index in [1.54, 1.807) is 11.3 Å². The molecule has 0 saturated carbocycles. The topological polar surface area (TPSA) is 87.5 Å². The Bertz CT molecular complexity index is 5460. The van der Waals surface area contributed by atoms with E-state index in [4.69, 9.17) is 24.4 Å². The number of hydrogen-bond acceptors (Lipinski definition) is 7. The number of aromatic nitrogens is 7. The number of furan rings is 1. The molecule has 8 nitrogen and oxygen atoms in total. The van der Waals surface area contributed by atoms with Crippen LogP contribution in [0.1, 0.15) is 0 Å². The van der Waals surface area contributed by atoms with Gasteiger partial charge in [0.15, 0.2) is 0 Å². The largest absolute Gasteiger partial charge is 0.437 e. The summed E-state index contributed by atoms with van der Waals surface area (Å²) in [6.45, 7) is 0. The lowest BCUT2D eigenvalue weighted by Crippen LogP contribution is -2.02. The molecule has 18 rings (SSSR count). The van der Waals surface area contributed by atoms with Crippen LogP contribution < -0.4 is 0 Å². The van der Waals surface area contributed by atoms with E-state index in [2.05, 4.69) is 245 Å². The molecule has 0 aliphatic carbocycles. The molecule has 7 aromatic heterocycles.